The third-order valence-corrected chi connectivity index (χ3v) is 3.02. The normalized spacial score (nSPS) is 22.4. The van der Waals surface area contributed by atoms with Gasteiger partial charge >= 0.3 is 6.18 Å². The monoisotopic (exact) mass is 272 g/mol. The molecule has 1 aliphatic heterocycles. The molecule has 1 saturated heterocycles. The summed E-state index contributed by atoms with van der Waals surface area (Å²) >= 11 is 4.20. The fourth-order valence-electron chi connectivity index (χ4n) is 1.63. The maximum Gasteiger partial charge on any atom is 0.423 e. The Labute approximate surface area is 103 Å². The molecule has 1 rings (SSSR count). The van der Waals surface area contributed by atoms with E-state index in [1.165, 1.54) is 0 Å². The number of hydrogen-bond donors (Lipinski definition) is 2. The van der Waals surface area contributed by atoms with Crippen LogP contribution >= 0.6 is 12.6 Å². The smallest absolute Gasteiger partial charge is 0.376 e. The fourth-order valence-corrected chi connectivity index (χ4v) is 1.86. The van der Waals surface area contributed by atoms with E-state index in [9.17, 15) is 18.0 Å². The summed E-state index contributed by atoms with van der Waals surface area (Å²) < 4.78 is 36.4. The molecule has 8 heteroatoms. The SMILES string of the molecule is CC(S)N1CCN(C(=O)C(O)C(F)(F)F)CC1. The Kier molecular flexibility index (Phi) is 4.68. The van der Waals surface area contributed by atoms with Gasteiger partial charge in [0.2, 0.25) is 6.10 Å². The van der Waals surface area contributed by atoms with Crippen LogP contribution in [0.25, 0.3) is 0 Å². The Balaban J connectivity index is 2.52. The van der Waals surface area contributed by atoms with Gasteiger partial charge in [-0.2, -0.15) is 25.8 Å². The second-order valence-corrected chi connectivity index (χ2v) is 4.68. The van der Waals surface area contributed by atoms with Gasteiger partial charge in [0.15, 0.2) is 0 Å². The number of amides is 1. The molecular weight excluding hydrogens is 257 g/mol. The van der Waals surface area contributed by atoms with E-state index in [1.54, 1.807) is 0 Å². The van der Waals surface area contributed by atoms with Crippen molar-refractivity contribution in [3.8, 4) is 0 Å². The minimum absolute atomic E-state index is 0.000193. The topological polar surface area (TPSA) is 43.8 Å². The summed E-state index contributed by atoms with van der Waals surface area (Å²) in [6, 6.07) is 0. The van der Waals surface area contributed by atoms with Crippen molar-refractivity contribution in [2.24, 2.45) is 0 Å². The predicted octanol–water partition coefficient (Wildman–Crippen LogP) is 0.330. The number of halogens is 3. The number of nitrogens with zero attached hydrogens (tertiary/aromatic N) is 2. The molecule has 0 bridgehead atoms. The average molecular weight is 272 g/mol. The van der Waals surface area contributed by atoms with Crippen molar-refractivity contribution >= 4 is 18.5 Å². The van der Waals surface area contributed by atoms with Crippen LogP contribution in [-0.2, 0) is 4.79 Å². The van der Waals surface area contributed by atoms with Gasteiger partial charge < -0.3 is 10.0 Å². The highest BCUT2D eigenvalue weighted by molar-refractivity contribution is 7.80. The number of rotatable bonds is 2. The first-order chi connectivity index (χ1) is 7.73. The average Bonchev–Trinajstić information content (AvgIpc) is 2.26. The number of aliphatic hydroxyl groups is 1. The first-order valence-corrected chi connectivity index (χ1v) is 5.71. The maximum atomic E-state index is 12.1. The summed E-state index contributed by atoms with van der Waals surface area (Å²) in [4.78, 5) is 14.3. The van der Waals surface area contributed by atoms with E-state index in [4.69, 9.17) is 5.11 Å². The van der Waals surface area contributed by atoms with Crippen LogP contribution in [0.3, 0.4) is 0 Å². The lowest BCUT2D eigenvalue weighted by Crippen LogP contribution is -2.55. The second-order valence-electron chi connectivity index (χ2n) is 3.94. The molecule has 100 valence electrons. The molecule has 1 aliphatic rings. The van der Waals surface area contributed by atoms with E-state index in [0.717, 1.165) is 4.90 Å². The van der Waals surface area contributed by atoms with Crippen LogP contribution in [0, 0.1) is 0 Å². The largest absolute Gasteiger partial charge is 0.423 e. The Bertz CT molecular complexity index is 278. The van der Waals surface area contributed by atoms with Gasteiger partial charge in [0.05, 0.1) is 5.37 Å². The van der Waals surface area contributed by atoms with Gasteiger partial charge in [-0.1, -0.05) is 0 Å². The molecule has 0 aromatic rings. The molecule has 1 fully saturated rings. The van der Waals surface area contributed by atoms with Gasteiger partial charge in [0, 0.05) is 26.2 Å². The standard InChI is InChI=1S/C9H15F3N2O2S/c1-6(17)13-2-4-14(5-3-13)8(16)7(15)9(10,11)12/h6-7,15,17H,2-5H2,1H3. The Morgan fingerprint density at radius 1 is 1.29 bits per heavy atom. The zero-order valence-corrected chi connectivity index (χ0v) is 10.2. The third-order valence-electron chi connectivity index (χ3n) is 2.70. The zero-order valence-electron chi connectivity index (χ0n) is 9.31. The lowest BCUT2D eigenvalue weighted by Gasteiger charge is -2.37. The van der Waals surface area contributed by atoms with Gasteiger partial charge in [-0.05, 0) is 6.92 Å². The highest BCUT2D eigenvalue weighted by atomic mass is 32.1. The van der Waals surface area contributed by atoms with E-state index in [2.05, 4.69) is 12.6 Å². The number of hydrogen-bond acceptors (Lipinski definition) is 4. The molecule has 0 radical (unpaired) electrons. The van der Waals surface area contributed by atoms with Crippen molar-refractivity contribution in [3.05, 3.63) is 0 Å². The van der Waals surface area contributed by atoms with Crippen LogP contribution in [0.2, 0.25) is 0 Å². The van der Waals surface area contributed by atoms with E-state index in [0.29, 0.717) is 13.1 Å². The first kappa shape index (κ1) is 14.6. The van der Waals surface area contributed by atoms with E-state index < -0.39 is 18.2 Å². The Hall–Kier alpha value is -0.470. The van der Waals surface area contributed by atoms with Gasteiger partial charge in [0.25, 0.3) is 5.91 Å². The molecule has 1 amide bonds. The summed E-state index contributed by atoms with van der Waals surface area (Å²) in [5.41, 5.74) is 0. The molecule has 2 unspecified atom stereocenters. The Morgan fingerprint density at radius 3 is 2.12 bits per heavy atom. The number of alkyl halides is 3. The molecule has 0 aromatic heterocycles. The minimum atomic E-state index is -4.90. The molecule has 0 aromatic carbocycles. The minimum Gasteiger partial charge on any atom is -0.376 e. The summed E-state index contributed by atoms with van der Waals surface area (Å²) in [5, 5.41) is 8.84. The number of carbonyl (C=O) groups excluding carboxylic acids is 1. The molecule has 1 N–H and O–H groups in total. The predicted molar refractivity (Wildman–Crippen MR) is 58.7 cm³/mol. The quantitative estimate of drug-likeness (QED) is 0.712. The van der Waals surface area contributed by atoms with Crippen molar-refractivity contribution in [2.75, 3.05) is 26.2 Å². The first-order valence-electron chi connectivity index (χ1n) is 5.19. The molecular formula is C9H15F3N2O2S. The molecule has 0 spiro atoms. The van der Waals surface area contributed by atoms with Gasteiger partial charge in [-0.15, -0.1) is 0 Å². The second kappa shape index (κ2) is 5.45. The van der Waals surface area contributed by atoms with Crippen LogP contribution in [-0.4, -0.2) is 64.6 Å². The number of carbonyl (C=O) groups is 1. The molecule has 0 saturated carbocycles. The van der Waals surface area contributed by atoms with Crippen molar-refractivity contribution in [1.82, 2.24) is 9.80 Å². The molecule has 1 heterocycles. The Morgan fingerprint density at radius 2 is 1.76 bits per heavy atom. The summed E-state index contributed by atoms with van der Waals surface area (Å²) in [5.74, 6) is -1.27. The molecule has 17 heavy (non-hydrogen) atoms. The number of thiol groups is 1. The number of piperazine rings is 1. The van der Waals surface area contributed by atoms with E-state index in [1.807, 2.05) is 11.8 Å². The molecule has 0 aliphatic carbocycles. The van der Waals surface area contributed by atoms with E-state index >= 15 is 0 Å². The molecule has 4 nitrogen and oxygen atoms in total. The highest BCUT2D eigenvalue weighted by Gasteiger charge is 2.45. The maximum absolute atomic E-state index is 12.1. The third kappa shape index (κ3) is 3.75. The van der Waals surface area contributed by atoms with Crippen LogP contribution in [0.15, 0.2) is 0 Å². The van der Waals surface area contributed by atoms with Crippen molar-refractivity contribution < 1.29 is 23.1 Å². The van der Waals surface area contributed by atoms with Gasteiger partial charge in [-0.3, -0.25) is 9.69 Å². The van der Waals surface area contributed by atoms with Crippen LogP contribution in [0.5, 0.6) is 0 Å². The van der Waals surface area contributed by atoms with Crippen molar-refractivity contribution in [3.63, 3.8) is 0 Å². The van der Waals surface area contributed by atoms with E-state index in [-0.39, 0.29) is 18.5 Å². The lowest BCUT2D eigenvalue weighted by molar-refractivity contribution is -0.211. The summed E-state index contributed by atoms with van der Waals surface area (Å²) in [6.07, 6.45) is -7.81. The van der Waals surface area contributed by atoms with Crippen LogP contribution in [0.1, 0.15) is 6.92 Å². The van der Waals surface area contributed by atoms with Gasteiger partial charge in [0.1, 0.15) is 0 Å². The van der Waals surface area contributed by atoms with Crippen LogP contribution < -0.4 is 0 Å². The number of aliphatic hydroxyl groups excluding tert-OH is 1. The summed E-state index contributed by atoms with van der Waals surface area (Å²) in [7, 11) is 0. The van der Waals surface area contributed by atoms with Gasteiger partial charge in [-0.25, -0.2) is 0 Å². The fraction of sp³-hybridized carbons (Fsp3) is 0.889. The zero-order chi connectivity index (χ0) is 13.2. The molecule has 2 atom stereocenters. The van der Waals surface area contributed by atoms with Crippen molar-refractivity contribution in [2.45, 2.75) is 24.6 Å². The highest BCUT2D eigenvalue weighted by Crippen LogP contribution is 2.22. The van der Waals surface area contributed by atoms with Crippen molar-refractivity contribution in [1.29, 1.82) is 0 Å². The lowest BCUT2D eigenvalue weighted by atomic mass is 10.2. The summed E-state index contributed by atoms with van der Waals surface area (Å²) in [6.45, 7) is 3.13. The van der Waals surface area contributed by atoms with Crippen LogP contribution in [0.4, 0.5) is 13.2 Å².